The highest BCUT2D eigenvalue weighted by atomic mass is 16.5. The Labute approximate surface area is 157 Å². The molecule has 1 aromatic heterocycles. The lowest BCUT2D eigenvalue weighted by Gasteiger charge is -2.22. The zero-order valence-corrected chi connectivity index (χ0v) is 15.4. The minimum atomic E-state index is -0.0961. The predicted molar refractivity (Wildman–Crippen MR) is 106 cm³/mol. The second-order valence-electron chi connectivity index (χ2n) is 6.28. The molecule has 0 aliphatic carbocycles. The van der Waals surface area contributed by atoms with Gasteiger partial charge in [0.05, 0.1) is 12.6 Å². The molecule has 0 saturated carbocycles. The van der Waals surface area contributed by atoms with E-state index in [2.05, 4.69) is 0 Å². The fraction of sp³-hybridized carbons (Fsp3) is 0.227. The highest BCUT2D eigenvalue weighted by molar-refractivity contribution is 5.95. The molecule has 27 heavy (non-hydrogen) atoms. The molecule has 4 rings (SSSR count). The number of pyridine rings is 1. The van der Waals surface area contributed by atoms with Crippen molar-refractivity contribution in [1.82, 2.24) is 4.57 Å². The number of ether oxygens (including phenoxy) is 3. The van der Waals surface area contributed by atoms with Crippen molar-refractivity contribution < 1.29 is 14.2 Å². The van der Waals surface area contributed by atoms with Crippen molar-refractivity contribution in [3.8, 4) is 17.2 Å². The molecule has 0 unspecified atom stereocenters. The molecule has 1 aliphatic rings. The summed E-state index contributed by atoms with van der Waals surface area (Å²) in [5.74, 6) is 1.94. The number of fused-ring (bicyclic) bond motifs is 3. The highest BCUT2D eigenvalue weighted by Gasteiger charge is 2.23. The first kappa shape index (κ1) is 17.2. The van der Waals surface area contributed by atoms with Crippen molar-refractivity contribution in [2.24, 2.45) is 0 Å². The number of nitrogens with zero attached hydrogens (tertiary/aromatic N) is 1. The first-order chi connectivity index (χ1) is 13.2. The van der Waals surface area contributed by atoms with E-state index in [4.69, 9.17) is 14.2 Å². The smallest absolute Gasteiger partial charge is 0.294 e. The number of hydrogen-bond donors (Lipinski definition) is 0. The number of benzene rings is 2. The molecule has 0 bridgehead atoms. The van der Waals surface area contributed by atoms with Crippen LogP contribution in [-0.4, -0.2) is 24.9 Å². The molecule has 2 heterocycles. The molecule has 1 aliphatic heterocycles. The van der Waals surface area contributed by atoms with Crippen LogP contribution in [0.2, 0.25) is 0 Å². The summed E-state index contributed by atoms with van der Waals surface area (Å²) < 4.78 is 18.6. The molecule has 138 valence electrons. The summed E-state index contributed by atoms with van der Waals surface area (Å²) in [5.41, 5.74) is 2.61. The highest BCUT2D eigenvalue weighted by Crippen LogP contribution is 2.34. The molecule has 0 N–H and O–H groups in total. The SMILES string of the molecule is CCn1c(=O)c2c(c3ccccc31)C(COc1ccc(OC)cc1)=CCO2. The third kappa shape index (κ3) is 3.05. The summed E-state index contributed by atoms with van der Waals surface area (Å²) in [5, 5.41) is 0.998. The largest absolute Gasteiger partial charge is 0.497 e. The Kier molecular flexibility index (Phi) is 4.59. The van der Waals surface area contributed by atoms with E-state index < -0.39 is 0 Å². The number of para-hydroxylation sites is 1. The molecular weight excluding hydrogens is 342 g/mol. The van der Waals surface area contributed by atoms with Crippen molar-refractivity contribution in [3.63, 3.8) is 0 Å². The Hall–Kier alpha value is -3.21. The Bertz CT molecular complexity index is 1060. The summed E-state index contributed by atoms with van der Waals surface area (Å²) in [6, 6.07) is 15.4. The monoisotopic (exact) mass is 363 g/mol. The summed E-state index contributed by atoms with van der Waals surface area (Å²) in [4.78, 5) is 12.9. The first-order valence-electron chi connectivity index (χ1n) is 8.97. The van der Waals surface area contributed by atoms with Crippen LogP contribution < -0.4 is 19.8 Å². The molecule has 2 aromatic carbocycles. The van der Waals surface area contributed by atoms with Gasteiger partial charge in [-0.1, -0.05) is 18.2 Å². The zero-order chi connectivity index (χ0) is 18.8. The summed E-state index contributed by atoms with van der Waals surface area (Å²) in [7, 11) is 1.63. The van der Waals surface area contributed by atoms with E-state index in [9.17, 15) is 4.79 Å². The summed E-state index contributed by atoms with van der Waals surface area (Å²) in [6.07, 6.45) is 1.98. The zero-order valence-electron chi connectivity index (χ0n) is 15.4. The lowest BCUT2D eigenvalue weighted by Crippen LogP contribution is -2.26. The summed E-state index contributed by atoms with van der Waals surface area (Å²) >= 11 is 0. The molecule has 0 saturated heterocycles. The van der Waals surface area contributed by atoms with Crippen LogP contribution >= 0.6 is 0 Å². The van der Waals surface area contributed by atoms with Crippen LogP contribution in [0.5, 0.6) is 17.2 Å². The number of aromatic nitrogens is 1. The maximum absolute atomic E-state index is 12.9. The van der Waals surface area contributed by atoms with Gasteiger partial charge in [0.1, 0.15) is 24.7 Å². The maximum Gasteiger partial charge on any atom is 0.294 e. The van der Waals surface area contributed by atoms with Crippen molar-refractivity contribution in [2.45, 2.75) is 13.5 Å². The molecule has 5 nitrogen and oxygen atoms in total. The molecule has 0 fully saturated rings. The second-order valence-corrected chi connectivity index (χ2v) is 6.28. The van der Waals surface area contributed by atoms with Gasteiger partial charge in [-0.25, -0.2) is 0 Å². The van der Waals surface area contributed by atoms with Crippen LogP contribution in [0.1, 0.15) is 12.5 Å². The van der Waals surface area contributed by atoms with Gasteiger partial charge in [0.2, 0.25) is 0 Å². The average Bonchev–Trinajstić information content (AvgIpc) is 2.73. The van der Waals surface area contributed by atoms with E-state index in [0.29, 0.717) is 25.5 Å². The third-order valence-corrected chi connectivity index (χ3v) is 4.78. The number of hydrogen-bond acceptors (Lipinski definition) is 4. The maximum atomic E-state index is 12.9. The van der Waals surface area contributed by atoms with Crippen LogP contribution in [0.15, 0.2) is 59.4 Å². The standard InChI is InChI=1S/C22H21NO4/c1-3-23-19-7-5-4-6-18(19)20-15(12-13-26-21(20)22(23)24)14-27-17-10-8-16(25-2)9-11-17/h4-12H,3,13-14H2,1-2H3. The van der Waals surface area contributed by atoms with Gasteiger partial charge >= 0.3 is 0 Å². The van der Waals surface area contributed by atoms with E-state index in [1.807, 2.05) is 61.5 Å². The van der Waals surface area contributed by atoms with Gasteiger partial charge in [-0.2, -0.15) is 0 Å². The molecular formula is C22H21NO4. The van der Waals surface area contributed by atoms with Gasteiger partial charge in [-0.15, -0.1) is 0 Å². The van der Waals surface area contributed by atoms with E-state index in [1.165, 1.54) is 0 Å². The number of methoxy groups -OCH3 is 1. The van der Waals surface area contributed by atoms with Crippen molar-refractivity contribution in [1.29, 1.82) is 0 Å². The van der Waals surface area contributed by atoms with E-state index in [0.717, 1.165) is 33.5 Å². The normalized spacial score (nSPS) is 12.9. The van der Waals surface area contributed by atoms with Gasteiger partial charge in [0, 0.05) is 23.1 Å². The Balaban J connectivity index is 1.73. The Morgan fingerprint density at radius 2 is 1.81 bits per heavy atom. The van der Waals surface area contributed by atoms with E-state index >= 15 is 0 Å². The predicted octanol–water partition coefficient (Wildman–Crippen LogP) is 3.88. The van der Waals surface area contributed by atoms with Crippen molar-refractivity contribution >= 4 is 16.5 Å². The molecule has 0 radical (unpaired) electrons. The molecule has 0 spiro atoms. The molecule has 5 heteroatoms. The average molecular weight is 363 g/mol. The van der Waals surface area contributed by atoms with Gasteiger partial charge in [0.25, 0.3) is 5.56 Å². The fourth-order valence-corrected chi connectivity index (χ4v) is 3.44. The minimum absolute atomic E-state index is 0.0961. The fourth-order valence-electron chi connectivity index (χ4n) is 3.44. The number of rotatable bonds is 5. The van der Waals surface area contributed by atoms with E-state index in [-0.39, 0.29) is 5.56 Å². The lowest BCUT2D eigenvalue weighted by atomic mass is 9.98. The van der Waals surface area contributed by atoms with E-state index in [1.54, 1.807) is 11.7 Å². The second kappa shape index (κ2) is 7.19. The van der Waals surface area contributed by atoms with Gasteiger partial charge < -0.3 is 18.8 Å². The quantitative estimate of drug-likeness (QED) is 0.690. The van der Waals surface area contributed by atoms with Crippen molar-refractivity contribution in [3.05, 3.63) is 70.5 Å². The van der Waals surface area contributed by atoms with Gasteiger partial charge in [-0.05, 0) is 43.3 Å². The van der Waals surface area contributed by atoms with Crippen molar-refractivity contribution in [2.75, 3.05) is 20.3 Å². The lowest BCUT2D eigenvalue weighted by molar-refractivity contribution is 0.337. The van der Waals surface area contributed by atoms with Gasteiger partial charge in [0.15, 0.2) is 5.75 Å². The number of aryl methyl sites for hydroxylation is 1. The Morgan fingerprint density at radius 1 is 1.07 bits per heavy atom. The molecule has 0 atom stereocenters. The van der Waals surface area contributed by atoms with Crippen LogP contribution in [-0.2, 0) is 6.54 Å². The van der Waals surface area contributed by atoms with Crippen LogP contribution in [0, 0.1) is 0 Å². The Morgan fingerprint density at radius 3 is 2.56 bits per heavy atom. The summed E-state index contributed by atoms with van der Waals surface area (Å²) in [6.45, 7) is 3.29. The van der Waals surface area contributed by atoms with Crippen LogP contribution in [0.25, 0.3) is 16.5 Å². The minimum Gasteiger partial charge on any atom is -0.497 e. The molecule has 0 amide bonds. The molecule has 3 aromatic rings. The van der Waals surface area contributed by atoms with Crippen LogP contribution in [0.3, 0.4) is 0 Å². The van der Waals surface area contributed by atoms with Gasteiger partial charge in [-0.3, -0.25) is 4.79 Å². The van der Waals surface area contributed by atoms with Crippen LogP contribution in [0.4, 0.5) is 0 Å². The third-order valence-electron chi connectivity index (χ3n) is 4.78. The topological polar surface area (TPSA) is 49.7 Å². The first-order valence-corrected chi connectivity index (χ1v) is 8.97.